The maximum absolute atomic E-state index is 11.9. The van der Waals surface area contributed by atoms with Gasteiger partial charge >= 0.3 is 5.97 Å². The zero-order valence-electron chi connectivity index (χ0n) is 16.4. The van der Waals surface area contributed by atoms with Crippen molar-refractivity contribution in [2.75, 3.05) is 0 Å². The molecule has 0 bridgehead atoms. The Balaban J connectivity index is 1.83. The van der Waals surface area contributed by atoms with Crippen LogP contribution < -0.4 is 4.74 Å². The van der Waals surface area contributed by atoms with Crippen LogP contribution in [0.1, 0.15) is 24.3 Å². The lowest BCUT2D eigenvalue weighted by molar-refractivity contribution is 0.0688. The van der Waals surface area contributed by atoms with Gasteiger partial charge in [0, 0.05) is 21.1 Å². The molecule has 1 heterocycles. The third-order valence-electron chi connectivity index (χ3n) is 4.68. The van der Waals surface area contributed by atoms with Crippen molar-refractivity contribution in [3.63, 3.8) is 0 Å². The summed E-state index contributed by atoms with van der Waals surface area (Å²) in [4.78, 5) is 11.9. The third-order valence-corrected chi connectivity index (χ3v) is 5.12. The van der Waals surface area contributed by atoms with Crippen molar-refractivity contribution in [3.05, 3.63) is 82.5 Å². The fourth-order valence-corrected chi connectivity index (χ4v) is 4.02. The van der Waals surface area contributed by atoms with E-state index in [2.05, 4.69) is 0 Å². The normalized spacial score (nSPS) is 11.2. The second-order valence-corrected chi connectivity index (χ2v) is 8.14. The number of ether oxygens (including phenoxy) is 1. The predicted octanol–water partition coefficient (Wildman–Crippen LogP) is 7.09. The molecule has 0 aliphatic heterocycles. The van der Waals surface area contributed by atoms with Crippen LogP contribution in [0.15, 0.2) is 66.7 Å². The molecule has 4 nitrogen and oxygen atoms in total. The Morgan fingerprint density at radius 1 is 0.900 bits per heavy atom. The Morgan fingerprint density at radius 3 is 2.17 bits per heavy atom. The topological polar surface area (TPSA) is 51.5 Å². The molecule has 1 N–H and O–H groups in total. The van der Waals surface area contributed by atoms with E-state index in [1.165, 1.54) is 0 Å². The number of carboxylic acids is 1. The van der Waals surface area contributed by atoms with E-state index in [1.54, 1.807) is 16.7 Å². The first-order valence-electron chi connectivity index (χ1n) is 9.44. The van der Waals surface area contributed by atoms with Gasteiger partial charge in [-0.2, -0.15) is 0 Å². The number of halogens is 2. The van der Waals surface area contributed by atoms with Crippen LogP contribution in [0.25, 0.3) is 27.7 Å². The van der Waals surface area contributed by atoms with Crippen molar-refractivity contribution in [1.82, 2.24) is 4.57 Å². The SMILES string of the molecule is CC(C)Oc1ccc(-n2c(C(=O)O)cc3cc(-c4cc(Cl)cc(Cl)c4)ccc32)cc1. The van der Waals surface area contributed by atoms with E-state index in [0.29, 0.717) is 10.0 Å². The average Bonchev–Trinajstić information content (AvgIpc) is 3.06. The monoisotopic (exact) mass is 439 g/mol. The number of aromatic nitrogens is 1. The molecule has 0 saturated carbocycles. The van der Waals surface area contributed by atoms with Crippen LogP contribution in [0.3, 0.4) is 0 Å². The summed E-state index contributed by atoms with van der Waals surface area (Å²) in [6.07, 6.45) is 0.0660. The largest absolute Gasteiger partial charge is 0.491 e. The number of hydrogen-bond donors (Lipinski definition) is 1. The summed E-state index contributed by atoms with van der Waals surface area (Å²) < 4.78 is 7.42. The average molecular weight is 440 g/mol. The highest BCUT2D eigenvalue weighted by atomic mass is 35.5. The smallest absolute Gasteiger partial charge is 0.352 e. The molecule has 0 fully saturated rings. The van der Waals surface area contributed by atoms with Crippen LogP contribution in [-0.2, 0) is 0 Å². The van der Waals surface area contributed by atoms with Crippen molar-refractivity contribution >= 4 is 40.1 Å². The highest BCUT2D eigenvalue weighted by molar-refractivity contribution is 6.35. The minimum absolute atomic E-state index is 0.0660. The number of carboxylic acid groups (broad SMARTS) is 1. The van der Waals surface area contributed by atoms with E-state index in [1.807, 2.05) is 68.4 Å². The molecule has 0 aliphatic rings. The summed E-state index contributed by atoms with van der Waals surface area (Å²) in [6.45, 7) is 3.92. The molecule has 0 saturated heterocycles. The Labute approximate surface area is 184 Å². The quantitative estimate of drug-likeness (QED) is 0.361. The lowest BCUT2D eigenvalue weighted by Crippen LogP contribution is -2.07. The number of nitrogens with zero attached hydrogens (tertiary/aromatic N) is 1. The van der Waals surface area contributed by atoms with Gasteiger partial charge in [0.05, 0.1) is 11.6 Å². The molecule has 6 heteroatoms. The molecular formula is C24H19Cl2NO3. The molecule has 0 spiro atoms. The Kier molecular flexibility index (Phi) is 5.46. The van der Waals surface area contributed by atoms with Crippen molar-refractivity contribution < 1.29 is 14.6 Å². The van der Waals surface area contributed by atoms with E-state index in [0.717, 1.165) is 33.5 Å². The lowest BCUT2D eigenvalue weighted by atomic mass is 10.0. The van der Waals surface area contributed by atoms with Crippen LogP contribution in [0.5, 0.6) is 5.75 Å². The zero-order valence-corrected chi connectivity index (χ0v) is 17.9. The van der Waals surface area contributed by atoms with Gasteiger partial charge in [-0.05, 0) is 85.6 Å². The number of hydrogen-bond acceptors (Lipinski definition) is 2. The van der Waals surface area contributed by atoms with Gasteiger partial charge in [0.25, 0.3) is 0 Å². The fraction of sp³-hybridized carbons (Fsp3) is 0.125. The van der Waals surface area contributed by atoms with Gasteiger partial charge in [0.1, 0.15) is 11.4 Å². The van der Waals surface area contributed by atoms with Gasteiger partial charge in [-0.1, -0.05) is 29.3 Å². The van der Waals surface area contributed by atoms with Crippen LogP contribution in [0.2, 0.25) is 10.0 Å². The molecule has 152 valence electrons. The number of benzene rings is 3. The van der Waals surface area contributed by atoms with Crippen LogP contribution in [0.4, 0.5) is 0 Å². The van der Waals surface area contributed by atoms with Crippen molar-refractivity contribution in [2.24, 2.45) is 0 Å². The number of aromatic carboxylic acids is 1. The standard InChI is InChI=1S/C24H19Cl2NO3/c1-14(2)30-21-6-4-20(5-7-21)27-22-8-3-15(9-17(22)12-23(27)24(28)29)16-10-18(25)13-19(26)11-16/h3-14H,1-2H3,(H,28,29). The number of carbonyl (C=O) groups is 1. The van der Waals surface area contributed by atoms with Crippen molar-refractivity contribution in [1.29, 1.82) is 0 Å². The Morgan fingerprint density at radius 2 is 1.57 bits per heavy atom. The highest BCUT2D eigenvalue weighted by Gasteiger charge is 2.17. The lowest BCUT2D eigenvalue weighted by Gasteiger charge is -2.12. The highest BCUT2D eigenvalue weighted by Crippen LogP contribution is 2.32. The maximum atomic E-state index is 11.9. The van der Waals surface area contributed by atoms with E-state index in [9.17, 15) is 9.90 Å². The fourth-order valence-electron chi connectivity index (χ4n) is 3.50. The first-order chi connectivity index (χ1) is 14.3. The number of fused-ring (bicyclic) bond motifs is 1. The molecular weight excluding hydrogens is 421 g/mol. The maximum Gasteiger partial charge on any atom is 0.352 e. The Bertz CT molecular complexity index is 1220. The second kappa shape index (κ2) is 8.05. The third kappa shape index (κ3) is 4.02. The first-order valence-corrected chi connectivity index (χ1v) is 10.2. The summed E-state index contributed by atoms with van der Waals surface area (Å²) in [5.41, 5.74) is 3.50. The van der Waals surface area contributed by atoms with Gasteiger partial charge in [-0.15, -0.1) is 0 Å². The minimum atomic E-state index is -0.999. The van der Waals surface area contributed by atoms with Crippen LogP contribution in [0, 0.1) is 0 Å². The van der Waals surface area contributed by atoms with E-state index in [-0.39, 0.29) is 11.8 Å². The zero-order chi connectivity index (χ0) is 21.4. The van der Waals surface area contributed by atoms with Crippen molar-refractivity contribution in [3.8, 4) is 22.6 Å². The summed E-state index contributed by atoms with van der Waals surface area (Å²) in [6, 6.07) is 20.2. The molecule has 30 heavy (non-hydrogen) atoms. The van der Waals surface area contributed by atoms with E-state index >= 15 is 0 Å². The van der Waals surface area contributed by atoms with Crippen LogP contribution >= 0.6 is 23.2 Å². The summed E-state index contributed by atoms with van der Waals surface area (Å²) in [5, 5.41) is 11.7. The van der Waals surface area contributed by atoms with E-state index in [4.69, 9.17) is 27.9 Å². The first kappa shape index (κ1) is 20.3. The molecule has 4 aromatic rings. The van der Waals surface area contributed by atoms with Gasteiger partial charge in [-0.3, -0.25) is 0 Å². The van der Waals surface area contributed by atoms with Crippen molar-refractivity contribution in [2.45, 2.75) is 20.0 Å². The summed E-state index contributed by atoms with van der Waals surface area (Å²) >= 11 is 12.3. The molecule has 0 amide bonds. The minimum Gasteiger partial charge on any atom is -0.491 e. The predicted molar refractivity (Wildman–Crippen MR) is 121 cm³/mol. The van der Waals surface area contributed by atoms with E-state index < -0.39 is 5.97 Å². The molecule has 0 unspecified atom stereocenters. The number of rotatable bonds is 5. The summed E-state index contributed by atoms with van der Waals surface area (Å²) in [7, 11) is 0. The second-order valence-electron chi connectivity index (χ2n) is 7.26. The van der Waals surface area contributed by atoms with Crippen LogP contribution in [-0.4, -0.2) is 21.7 Å². The Hall–Kier alpha value is -2.95. The van der Waals surface area contributed by atoms with Gasteiger partial charge in [0.15, 0.2) is 0 Å². The molecule has 1 aromatic heterocycles. The molecule has 0 aliphatic carbocycles. The molecule has 3 aromatic carbocycles. The summed E-state index contributed by atoms with van der Waals surface area (Å²) in [5.74, 6) is -0.261. The van der Waals surface area contributed by atoms with Gasteiger partial charge in [0.2, 0.25) is 0 Å². The van der Waals surface area contributed by atoms with Gasteiger partial charge < -0.3 is 14.4 Å². The molecule has 4 rings (SSSR count). The molecule has 0 atom stereocenters. The molecule has 0 radical (unpaired) electrons. The van der Waals surface area contributed by atoms with Gasteiger partial charge in [-0.25, -0.2) is 4.79 Å².